The molecule has 0 radical (unpaired) electrons. The second-order valence-electron chi connectivity index (χ2n) is 3.62. The van der Waals surface area contributed by atoms with E-state index in [-0.39, 0.29) is 6.79 Å². The summed E-state index contributed by atoms with van der Waals surface area (Å²) < 4.78 is 10.5. The monoisotopic (exact) mass is 256 g/mol. The average Bonchev–Trinajstić information content (AvgIpc) is 3.06. The summed E-state index contributed by atoms with van der Waals surface area (Å²) in [6.07, 6.45) is 3.48. The molecule has 0 bridgehead atoms. The maximum Gasteiger partial charge on any atom is 0.231 e. The van der Waals surface area contributed by atoms with Crippen molar-refractivity contribution in [3.63, 3.8) is 0 Å². The molecule has 0 fully saturated rings. The second kappa shape index (κ2) is 4.51. The summed E-state index contributed by atoms with van der Waals surface area (Å²) in [7, 11) is 0. The first-order chi connectivity index (χ1) is 8.86. The SMILES string of the molecule is N#C/C(=C\c1ccc2c(c1)OCO2)c1nccs1. The van der Waals surface area contributed by atoms with E-state index >= 15 is 0 Å². The molecule has 0 saturated carbocycles. The number of benzene rings is 1. The number of hydrogen-bond donors (Lipinski definition) is 0. The minimum atomic E-state index is 0.250. The smallest absolute Gasteiger partial charge is 0.231 e. The standard InChI is InChI=1S/C13H8N2O2S/c14-7-10(13-15-3-4-18-13)5-9-1-2-11-12(6-9)17-8-16-11/h1-6H,8H2/b10-5+. The van der Waals surface area contributed by atoms with Gasteiger partial charge in [0.05, 0.1) is 5.57 Å². The van der Waals surface area contributed by atoms with E-state index in [9.17, 15) is 0 Å². The van der Waals surface area contributed by atoms with Crippen LogP contribution in [0.1, 0.15) is 10.6 Å². The summed E-state index contributed by atoms with van der Waals surface area (Å²) >= 11 is 1.44. The number of nitriles is 1. The van der Waals surface area contributed by atoms with Gasteiger partial charge in [0.25, 0.3) is 0 Å². The number of aromatic nitrogens is 1. The quantitative estimate of drug-likeness (QED) is 0.775. The molecule has 5 heteroatoms. The van der Waals surface area contributed by atoms with Gasteiger partial charge in [0, 0.05) is 11.6 Å². The minimum Gasteiger partial charge on any atom is -0.454 e. The third kappa shape index (κ3) is 1.94. The number of ether oxygens (including phenoxy) is 2. The summed E-state index contributed by atoms with van der Waals surface area (Å²) in [6, 6.07) is 7.74. The van der Waals surface area contributed by atoms with E-state index in [0.29, 0.717) is 11.3 Å². The van der Waals surface area contributed by atoms with E-state index in [0.717, 1.165) is 16.3 Å². The van der Waals surface area contributed by atoms with Crippen molar-refractivity contribution in [2.24, 2.45) is 0 Å². The molecular weight excluding hydrogens is 248 g/mol. The van der Waals surface area contributed by atoms with Crippen molar-refractivity contribution in [2.45, 2.75) is 0 Å². The fourth-order valence-corrected chi connectivity index (χ4v) is 2.27. The first-order valence-corrected chi connectivity index (χ1v) is 6.16. The lowest BCUT2D eigenvalue weighted by molar-refractivity contribution is 0.174. The predicted molar refractivity (Wildman–Crippen MR) is 68.2 cm³/mol. The van der Waals surface area contributed by atoms with Crippen LogP contribution < -0.4 is 9.47 Å². The first-order valence-electron chi connectivity index (χ1n) is 5.28. The molecule has 2 heterocycles. The molecule has 1 aromatic carbocycles. The summed E-state index contributed by atoms with van der Waals surface area (Å²) in [6.45, 7) is 0.250. The van der Waals surface area contributed by atoms with Crippen molar-refractivity contribution in [3.8, 4) is 17.6 Å². The van der Waals surface area contributed by atoms with E-state index in [2.05, 4.69) is 11.1 Å². The van der Waals surface area contributed by atoms with Gasteiger partial charge in [0.1, 0.15) is 11.1 Å². The Morgan fingerprint density at radius 2 is 2.28 bits per heavy atom. The van der Waals surface area contributed by atoms with Crippen LogP contribution in [0.15, 0.2) is 29.8 Å². The average molecular weight is 256 g/mol. The Labute approximate surface area is 108 Å². The zero-order chi connectivity index (χ0) is 12.4. The van der Waals surface area contributed by atoms with E-state index in [1.807, 2.05) is 23.6 Å². The molecule has 88 valence electrons. The van der Waals surface area contributed by atoms with Crippen molar-refractivity contribution in [1.82, 2.24) is 4.98 Å². The van der Waals surface area contributed by atoms with Gasteiger partial charge in [-0.1, -0.05) is 6.07 Å². The Hall–Kier alpha value is -2.32. The van der Waals surface area contributed by atoms with E-state index < -0.39 is 0 Å². The van der Waals surface area contributed by atoms with Crippen molar-refractivity contribution < 1.29 is 9.47 Å². The maximum atomic E-state index is 9.15. The number of thiazole rings is 1. The molecule has 1 aliphatic heterocycles. The van der Waals surface area contributed by atoms with Crippen molar-refractivity contribution in [3.05, 3.63) is 40.3 Å². The van der Waals surface area contributed by atoms with Gasteiger partial charge in [-0.15, -0.1) is 11.3 Å². The molecule has 0 N–H and O–H groups in total. The van der Waals surface area contributed by atoms with Crippen LogP contribution in [0.2, 0.25) is 0 Å². The van der Waals surface area contributed by atoms with E-state index in [4.69, 9.17) is 14.7 Å². The first kappa shape index (κ1) is 10.8. The second-order valence-corrected chi connectivity index (χ2v) is 4.51. The number of hydrogen-bond acceptors (Lipinski definition) is 5. The number of allylic oxidation sites excluding steroid dienone is 1. The molecule has 0 atom stereocenters. The fraction of sp³-hybridized carbons (Fsp3) is 0.0769. The molecule has 2 aromatic rings. The van der Waals surface area contributed by atoms with Crippen molar-refractivity contribution in [1.29, 1.82) is 5.26 Å². The normalized spacial score (nSPS) is 13.4. The molecule has 0 amide bonds. The van der Waals surface area contributed by atoms with Crippen LogP contribution in [0.4, 0.5) is 0 Å². The highest BCUT2D eigenvalue weighted by Crippen LogP contribution is 2.33. The lowest BCUT2D eigenvalue weighted by Gasteiger charge is -1.98. The van der Waals surface area contributed by atoms with Crippen LogP contribution in [0.5, 0.6) is 11.5 Å². The molecular formula is C13H8N2O2S. The summed E-state index contributed by atoms with van der Waals surface area (Å²) in [4.78, 5) is 4.13. The maximum absolute atomic E-state index is 9.15. The van der Waals surface area contributed by atoms with Crippen LogP contribution in [-0.2, 0) is 0 Å². The van der Waals surface area contributed by atoms with Gasteiger partial charge in [0.15, 0.2) is 11.5 Å². The summed E-state index contributed by atoms with van der Waals surface area (Å²) in [5.41, 5.74) is 1.44. The third-order valence-corrected chi connectivity index (χ3v) is 3.30. The lowest BCUT2D eigenvalue weighted by atomic mass is 10.1. The van der Waals surface area contributed by atoms with Crippen LogP contribution in [-0.4, -0.2) is 11.8 Å². The summed E-state index contributed by atoms with van der Waals surface area (Å²) in [5.74, 6) is 1.44. The minimum absolute atomic E-state index is 0.250. The van der Waals surface area contributed by atoms with Crippen LogP contribution in [0.3, 0.4) is 0 Å². The predicted octanol–water partition coefficient (Wildman–Crippen LogP) is 2.94. The molecule has 0 saturated heterocycles. The third-order valence-electron chi connectivity index (χ3n) is 2.49. The molecule has 18 heavy (non-hydrogen) atoms. The number of nitrogens with zero attached hydrogens (tertiary/aromatic N) is 2. The highest BCUT2D eigenvalue weighted by atomic mass is 32.1. The van der Waals surface area contributed by atoms with Gasteiger partial charge in [0.2, 0.25) is 6.79 Å². The van der Waals surface area contributed by atoms with Gasteiger partial charge >= 0.3 is 0 Å². The van der Waals surface area contributed by atoms with Gasteiger partial charge in [-0.25, -0.2) is 4.98 Å². The van der Waals surface area contributed by atoms with Gasteiger partial charge in [-0.2, -0.15) is 5.26 Å². The van der Waals surface area contributed by atoms with E-state index in [1.54, 1.807) is 12.3 Å². The molecule has 1 aliphatic rings. The van der Waals surface area contributed by atoms with Gasteiger partial charge < -0.3 is 9.47 Å². The zero-order valence-corrected chi connectivity index (χ0v) is 10.1. The highest BCUT2D eigenvalue weighted by molar-refractivity contribution is 7.10. The Bertz CT molecular complexity index is 642. The molecule has 4 nitrogen and oxygen atoms in total. The zero-order valence-electron chi connectivity index (χ0n) is 9.29. The molecule has 3 rings (SSSR count). The Balaban J connectivity index is 1.98. The van der Waals surface area contributed by atoms with Crippen LogP contribution in [0, 0.1) is 11.3 Å². The van der Waals surface area contributed by atoms with Crippen LogP contribution in [0.25, 0.3) is 11.6 Å². The van der Waals surface area contributed by atoms with Crippen molar-refractivity contribution in [2.75, 3.05) is 6.79 Å². The Morgan fingerprint density at radius 1 is 1.39 bits per heavy atom. The molecule has 1 aromatic heterocycles. The molecule has 0 unspecified atom stereocenters. The topological polar surface area (TPSA) is 55.1 Å². The molecule has 0 aliphatic carbocycles. The largest absolute Gasteiger partial charge is 0.454 e. The Morgan fingerprint density at radius 3 is 3.06 bits per heavy atom. The molecule has 0 spiro atoms. The van der Waals surface area contributed by atoms with Crippen molar-refractivity contribution >= 4 is 23.0 Å². The fourth-order valence-electron chi connectivity index (χ4n) is 1.67. The highest BCUT2D eigenvalue weighted by Gasteiger charge is 2.13. The van der Waals surface area contributed by atoms with E-state index in [1.165, 1.54) is 11.3 Å². The summed E-state index contributed by atoms with van der Waals surface area (Å²) in [5, 5.41) is 11.7. The Kier molecular flexibility index (Phi) is 2.71. The number of fused-ring (bicyclic) bond motifs is 1. The van der Waals surface area contributed by atoms with Gasteiger partial charge in [-0.3, -0.25) is 0 Å². The number of rotatable bonds is 2. The van der Waals surface area contributed by atoms with Gasteiger partial charge in [-0.05, 0) is 23.8 Å². The lowest BCUT2D eigenvalue weighted by Crippen LogP contribution is -1.92. The van der Waals surface area contributed by atoms with Crippen LogP contribution >= 0.6 is 11.3 Å².